The molecule has 1 aromatic carbocycles. The van der Waals surface area contributed by atoms with Crippen molar-refractivity contribution in [1.29, 1.82) is 0 Å². The maximum atomic E-state index is 11.7. The molecule has 1 N–H and O–H groups in total. The summed E-state index contributed by atoms with van der Waals surface area (Å²) >= 11 is 0. The van der Waals surface area contributed by atoms with Crippen molar-refractivity contribution in [3.05, 3.63) is 59.7 Å². The van der Waals surface area contributed by atoms with Gasteiger partial charge in [0, 0.05) is 36.1 Å². The lowest BCUT2D eigenvalue weighted by atomic mass is 10.1. The van der Waals surface area contributed by atoms with Gasteiger partial charge in [-0.2, -0.15) is 0 Å². The highest BCUT2D eigenvalue weighted by molar-refractivity contribution is 5.94. The van der Waals surface area contributed by atoms with E-state index in [9.17, 15) is 9.59 Å². The monoisotopic (exact) mass is 443 g/mol. The molecule has 0 unspecified atom stereocenters. The first-order chi connectivity index (χ1) is 14.8. The third-order valence-corrected chi connectivity index (χ3v) is 5.75. The molecule has 1 rings (SSSR count). The molecule has 0 aliphatic carbocycles. The van der Waals surface area contributed by atoms with Gasteiger partial charge in [0.15, 0.2) is 5.78 Å². The molecule has 1 aromatic rings. The smallest absolute Gasteiger partial charge is 0.246 e. The normalized spacial score (nSPS) is 11.8. The van der Waals surface area contributed by atoms with Gasteiger partial charge in [-0.3, -0.25) is 9.59 Å². The Kier molecular flexibility index (Phi) is 11.0. The van der Waals surface area contributed by atoms with Gasteiger partial charge in [0.05, 0.1) is 41.3 Å². The second-order valence-corrected chi connectivity index (χ2v) is 10.5. The zero-order chi connectivity index (χ0) is 24.4. The molecule has 32 heavy (non-hydrogen) atoms. The number of amides is 1. The fourth-order valence-corrected chi connectivity index (χ4v) is 3.80. The maximum absolute atomic E-state index is 11.7. The van der Waals surface area contributed by atoms with Crippen LogP contribution in [-0.2, 0) is 22.7 Å². The highest BCUT2D eigenvalue weighted by Gasteiger charge is 2.18. The molecule has 0 aliphatic heterocycles. The number of quaternary nitrogens is 2. The fraction of sp³-hybridized carbons (Fsp3) is 0.556. The molecule has 0 spiro atoms. The SMILES string of the molecule is C=C(C)C(=O)CCCC[N+](C)(C)Cc1ccc(C[N+](C)(C)CCCNC(=O)C(=C)C)cc1. The van der Waals surface area contributed by atoms with Gasteiger partial charge in [-0.15, -0.1) is 0 Å². The van der Waals surface area contributed by atoms with Crippen molar-refractivity contribution in [3.63, 3.8) is 0 Å². The van der Waals surface area contributed by atoms with Crippen molar-refractivity contribution in [1.82, 2.24) is 5.32 Å². The Hall–Kier alpha value is -2.24. The molecule has 0 atom stereocenters. The topological polar surface area (TPSA) is 46.2 Å². The highest BCUT2D eigenvalue weighted by Crippen LogP contribution is 2.16. The van der Waals surface area contributed by atoms with E-state index in [-0.39, 0.29) is 11.7 Å². The third-order valence-electron chi connectivity index (χ3n) is 5.75. The van der Waals surface area contributed by atoms with Crippen LogP contribution < -0.4 is 5.32 Å². The van der Waals surface area contributed by atoms with Crippen molar-refractivity contribution in [3.8, 4) is 0 Å². The second-order valence-electron chi connectivity index (χ2n) is 10.5. The summed E-state index contributed by atoms with van der Waals surface area (Å²) in [5.74, 6) is 0.122. The molecular weight excluding hydrogens is 398 g/mol. The first-order valence-corrected chi connectivity index (χ1v) is 11.7. The second kappa shape index (κ2) is 12.7. The van der Waals surface area contributed by atoms with E-state index >= 15 is 0 Å². The zero-order valence-electron chi connectivity index (χ0n) is 21.3. The lowest BCUT2D eigenvalue weighted by molar-refractivity contribution is -0.904. The van der Waals surface area contributed by atoms with Crippen molar-refractivity contribution in [2.45, 2.75) is 52.6 Å². The minimum atomic E-state index is -0.0624. The molecule has 0 saturated heterocycles. The predicted octanol–water partition coefficient (Wildman–Crippen LogP) is 4.24. The Morgan fingerprint density at radius 1 is 0.781 bits per heavy atom. The first kappa shape index (κ1) is 27.8. The Morgan fingerprint density at radius 2 is 1.25 bits per heavy atom. The van der Waals surface area contributed by atoms with Crippen LogP contribution in [0.3, 0.4) is 0 Å². The van der Waals surface area contributed by atoms with Gasteiger partial charge < -0.3 is 14.3 Å². The summed E-state index contributed by atoms with van der Waals surface area (Å²) in [5, 5.41) is 2.91. The summed E-state index contributed by atoms with van der Waals surface area (Å²) in [6.07, 6.45) is 3.52. The number of unbranched alkanes of at least 4 members (excludes halogenated alkanes) is 1. The summed E-state index contributed by atoms with van der Waals surface area (Å²) in [6.45, 7) is 15.6. The molecule has 0 radical (unpaired) electrons. The number of nitrogens with zero attached hydrogens (tertiary/aromatic N) is 2. The number of Topliss-reactive ketones (excluding diaryl/α,β-unsaturated/α-hetero) is 1. The van der Waals surface area contributed by atoms with E-state index in [0.29, 0.717) is 24.1 Å². The minimum absolute atomic E-state index is 0.0624. The Balaban J connectivity index is 2.45. The largest absolute Gasteiger partial charge is 0.352 e. The van der Waals surface area contributed by atoms with Crippen LogP contribution in [0.5, 0.6) is 0 Å². The minimum Gasteiger partial charge on any atom is -0.352 e. The van der Waals surface area contributed by atoms with E-state index in [2.05, 4.69) is 70.9 Å². The van der Waals surface area contributed by atoms with Crippen LogP contribution in [0.2, 0.25) is 0 Å². The number of carbonyl (C=O) groups excluding carboxylic acids is 2. The number of ketones is 1. The van der Waals surface area contributed by atoms with Gasteiger partial charge in [-0.1, -0.05) is 37.4 Å². The first-order valence-electron chi connectivity index (χ1n) is 11.7. The maximum Gasteiger partial charge on any atom is 0.246 e. The van der Waals surface area contributed by atoms with Crippen molar-refractivity contribution >= 4 is 11.7 Å². The molecule has 0 fully saturated rings. The fourth-order valence-electron chi connectivity index (χ4n) is 3.80. The Bertz CT molecular complexity index is 725. The van der Waals surface area contributed by atoms with Crippen molar-refractivity contribution < 1.29 is 18.6 Å². The standard InChI is InChI=1S/C27H44N3O2/c1-22(2)26(31)12-9-10-18-29(5,6)20-24-13-15-25(16-14-24)21-30(7,8)19-11-17-28-27(32)23(3)4/h13-16H,1,3,9-12,17-21H2,2,4-8H3/q+1/p+1. The zero-order valence-corrected chi connectivity index (χ0v) is 21.3. The van der Waals surface area contributed by atoms with Crippen molar-refractivity contribution in [2.75, 3.05) is 47.8 Å². The van der Waals surface area contributed by atoms with E-state index in [1.807, 2.05) is 0 Å². The molecule has 1 amide bonds. The van der Waals surface area contributed by atoms with Gasteiger partial charge in [-0.25, -0.2) is 0 Å². The summed E-state index contributed by atoms with van der Waals surface area (Å²) < 4.78 is 1.80. The lowest BCUT2D eigenvalue weighted by Gasteiger charge is -2.31. The van der Waals surface area contributed by atoms with Crippen LogP contribution >= 0.6 is 0 Å². The van der Waals surface area contributed by atoms with Gasteiger partial charge in [0.2, 0.25) is 5.91 Å². The van der Waals surface area contributed by atoms with Crippen molar-refractivity contribution in [2.24, 2.45) is 0 Å². The quantitative estimate of drug-likeness (QED) is 0.250. The van der Waals surface area contributed by atoms with E-state index in [1.165, 1.54) is 11.1 Å². The van der Waals surface area contributed by atoms with Crippen LogP contribution in [0, 0.1) is 0 Å². The number of nitrogens with one attached hydrogen (secondary N) is 1. The molecule has 5 heteroatoms. The van der Waals surface area contributed by atoms with Gasteiger partial charge in [-0.05, 0) is 32.3 Å². The Labute approximate surface area is 196 Å². The number of hydrogen-bond donors (Lipinski definition) is 1. The number of carbonyl (C=O) groups is 2. The van der Waals surface area contributed by atoms with Crippen LogP contribution in [-0.4, -0.2) is 68.5 Å². The summed E-state index contributed by atoms with van der Waals surface area (Å²) in [5.41, 5.74) is 3.88. The lowest BCUT2D eigenvalue weighted by Crippen LogP contribution is -2.41. The van der Waals surface area contributed by atoms with Gasteiger partial charge >= 0.3 is 0 Å². The molecule has 5 nitrogen and oxygen atoms in total. The average Bonchev–Trinajstić information content (AvgIpc) is 2.69. The molecular formula is C27H45N3O2+2. The highest BCUT2D eigenvalue weighted by atomic mass is 16.1. The van der Waals surface area contributed by atoms with E-state index in [4.69, 9.17) is 0 Å². The number of allylic oxidation sites excluding steroid dienone is 1. The number of benzene rings is 1. The molecule has 0 aliphatic rings. The molecule has 0 aromatic heterocycles. The number of hydrogen-bond acceptors (Lipinski definition) is 2. The van der Waals surface area contributed by atoms with Crippen LogP contribution in [0.25, 0.3) is 0 Å². The average molecular weight is 444 g/mol. The van der Waals surface area contributed by atoms with E-state index in [0.717, 1.165) is 54.4 Å². The molecule has 0 bridgehead atoms. The predicted molar refractivity (Wildman–Crippen MR) is 134 cm³/mol. The van der Waals surface area contributed by atoms with Gasteiger partial charge in [0.1, 0.15) is 13.1 Å². The summed E-state index contributed by atoms with van der Waals surface area (Å²) in [4.78, 5) is 23.3. The van der Waals surface area contributed by atoms with E-state index in [1.54, 1.807) is 13.8 Å². The van der Waals surface area contributed by atoms with Crippen LogP contribution in [0.4, 0.5) is 0 Å². The number of rotatable bonds is 15. The molecule has 0 heterocycles. The van der Waals surface area contributed by atoms with E-state index < -0.39 is 0 Å². The van der Waals surface area contributed by atoms with Crippen LogP contribution in [0.1, 0.15) is 50.7 Å². The Morgan fingerprint density at radius 3 is 1.69 bits per heavy atom. The van der Waals surface area contributed by atoms with Crippen LogP contribution in [0.15, 0.2) is 48.6 Å². The summed E-state index contributed by atoms with van der Waals surface area (Å²) in [6, 6.07) is 8.97. The molecule has 0 saturated carbocycles. The summed E-state index contributed by atoms with van der Waals surface area (Å²) in [7, 11) is 8.96. The third kappa shape index (κ3) is 11.4. The van der Waals surface area contributed by atoms with Gasteiger partial charge in [0.25, 0.3) is 0 Å². The molecule has 178 valence electrons.